The summed E-state index contributed by atoms with van der Waals surface area (Å²) in [5.41, 5.74) is -0.526. The van der Waals surface area contributed by atoms with Crippen LogP contribution in [0.2, 0.25) is 0 Å². The molecule has 0 saturated carbocycles. The summed E-state index contributed by atoms with van der Waals surface area (Å²) in [4.78, 5) is 30.2. The first-order valence-corrected chi connectivity index (χ1v) is 13.8. The number of pyridine rings is 1. The number of aromatic amines is 1. The number of carboxylic acids is 1. The highest BCUT2D eigenvalue weighted by molar-refractivity contribution is 7.89. The van der Waals surface area contributed by atoms with Gasteiger partial charge in [0.05, 0.1) is 16.6 Å². The van der Waals surface area contributed by atoms with Crippen molar-refractivity contribution in [2.75, 3.05) is 11.9 Å². The Morgan fingerprint density at radius 1 is 1.03 bits per heavy atom. The highest BCUT2D eigenvalue weighted by atomic mass is 32.2. The van der Waals surface area contributed by atoms with E-state index in [1.54, 1.807) is 62.5 Å². The summed E-state index contributed by atoms with van der Waals surface area (Å²) in [6.45, 7) is 3.74. The lowest BCUT2D eigenvalue weighted by Gasteiger charge is -2.32. The standard InChI is InChI=1S/C27H30N6O5S/c1-18-8-7-9-19(2)24(18)39(37,38)33-27(26(35)36,13-4-6-15-29-23-10-3-5-14-28-23)31-25(34)20-11-12-22-21(16-20)17-30-32-22/h3,5,7-12,14,16-17,33H,4,6,13,15H2,1-2H3,(H,28,29)(H,30,32)(H,31,34)(H,35,36). The molecule has 0 bridgehead atoms. The molecule has 2 aromatic heterocycles. The van der Waals surface area contributed by atoms with Crippen LogP contribution >= 0.6 is 0 Å². The zero-order valence-corrected chi connectivity index (χ0v) is 22.4. The molecule has 0 saturated heterocycles. The van der Waals surface area contributed by atoms with E-state index in [0.717, 1.165) is 0 Å². The predicted octanol–water partition coefficient (Wildman–Crippen LogP) is 3.35. The predicted molar refractivity (Wildman–Crippen MR) is 147 cm³/mol. The number of hydrogen-bond acceptors (Lipinski definition) is 7. The number of aryl methyl sites for hydroxylation is 2. The van der Waals surface area contributed by atoms with Crippen LogP contribution in [0, 0.1) is 13.8 Å². The van der Waals surface area contributed by atoms with Crippen LogP contribution in [0.4, 0.5) is 5.82 Å². The molecule has 0 aliphatic rings. The summed E-state index contributed by atoms with van der Waals surface area (Å²) in [7, 11) is -4.35. The molecule has 12 heteroatoms. The molecule has 2 aromatic carbocycles. The van der Waals surface area contributed by atoms with Crippen molar-refractivity contribution in [1.29, 1.82) is 0 Å². The number of rotatable bonds is 12. The summed E-state index contributed by atoms with van der Waals surface area (Å²) in [6, 6.07) is 15.1. The molecule has 1 atom stereocenters. The number of sulfonamides is 1. The summed E-state index contributed by atoms with van der Waals surface area (Å²) >= 11 is 0. The Kier molecular flexibility index (Phi) is 8.27. The number of nitrogens with one attached hydrogen (secondary N) is 4. The number of aromatic nitrogens is 3. The molecule has 4 rings (SSSR count). The minimum absolute atomic E-state index is 0.0264. The van der Waals surface area contributed by atoms with Gasteiger partial charge >= 0.3 is 5.97 Å². The lowest BCUT2D eigenvalue weighted by Crippen LogP contribution is -2.65. The number of nitrogens with zero attached hydrogens (tertiary/aromatic N) is 2. The number of carbonyl (C=O) groups excluding carboxylic acids is 1. The van der Waals surface area contributed by atoms with E-state index in [0.29, 0.717) is 40.8 Å². The fourth-order valence-electron chi connectivity index (χ4n) is 4.40. The van der Waals surface area contributed by atoms with Crippen LogP contribution in [0.25, 0.3) is 10.9 Å². The van der Waals surface area contributed by atoms with Crippen LogP contribution in [0.1, 0.15) is 40.7 Å². The van der Waals surface area contributed by atoms with Crippen molar-refractivity contribution in [3.8, 4) is 0 Å². The van der Waals surface area contributed by atoms with E-state index in [9.17, 15) is 23.1 Å². The van der Waals surface area contributed by atoms with Gasteiger partial charge < -0.3 is 15.7 Å². The number of benzene rings is 2. The fraction of sp³-hybridized carbons (Fsp3) is 0.259. The molecule has 4 aromatic rings. The highest BCUT2D eigenvalue weighted by Crippen LogP contribution is 2.24. The molecule has 0 aliphatic heterocycles. The maximum atomic E-state index is 13.6. The van der Waals surface area contributed by atoms with Gasteiger partial charge in [-0.15, -0.1) is 0 Å². The number of amides is 1. The molecule has 1 unspecified atom stereocenters. The van der Waals surface area contributed by atoms with Gasteiger partial charge in [-0.3, -0.25) is 9.89 Å². The van der Waals surface area contributed by atoms with E-state index in [1.807, 2.05) is 6.07 Å². The smallest absolute Gasteiger partial charge is 0.345 e. The average molecular weight is 551 g/mol. The van der Waals surface area contributed by atoms with E-state index in [4.69, 9.17) is 0 Å². The van der Waals surface area contributed by atoms with Crippen molar-refractivity contribution in [1.82, 2.24) is 25.2 Å². The van der Waals surface area contributed by atoms with Crippen LogP contribution < -0.4 is 15.4 Å². The van der Waals surface area contributed by atoms with Gasteiger partial charge in [-0.1, -0.05) is 24.3 Å². The maximum Gasteiger partial charge on any atom is 0.345 e. The third kappa shape index (κ3) is 6.41. The topological polar surface area (TPSA) is 166 Å². The largest absolute Gasteiger partial charge is 0.478 e. The van der Waals surface area contributed by atoms with E-state index < -0.39 is 27.6 Å². The van der Waals surface area contributed by atoms with Gasteiger partial charge in [0.25, 0.3) is 5.91 Å². The van der Waals surface area contributed by atoms with Crippen LogP contribution in [-0.4, -0.2) is 52.8 Å². The summed E-state index contributed by atoms with van der Waals surface area (Å²) < 4.78 is 29.5. The number of carbonyl (C=O) groups is 2. The normalized spacial score (nSPS) is 13.1. The van der Waals surface area contributed by atoms with Crippen molar-refractivity contribution in [2.24, 2.45) is 0 Å². The summed E-state index contributed by atoms with van der Waals surface area (Å²) in [5, 5.41) is 23.3. The zero-order valence-electron chi connectivity index (χ0n) is 21.6. The molecular formula is C27H30N6O5S. The molecule has 11 nitrogen and oxygen atoms in total. The van der Waals surface area contributed by atoms with Crippen LogP contribution in [0.15, 0.2) is 71.9 Å². The Balaban J connectivity index is 1.61. The minimum atomic E-state index is -4.35. The number of unbranched alkanes of at least 4 members (excludes halogenated alkanes) is 1. The van der Waals surface area contributed by atoms with Gasteiger partial charge in [0.1, 0.15) is 5.82 Å². The zero-order chi connectivity index (χ0) is 28.0. The van der Waals surface area contributed by atoms with E-state index in [-0.39, 0.29) is 23.3 Å². The number of carboxylic acid groups (broad SMARTS) is 1. The Bertz CT molecular complexity index is 1570. The maximum absolute atomic E-state index is 13.6. The van der Waals surface area contributed by atoms with E-state index in [1.165, 1.54) is 12.3 Å². The van der Waals surface area contributed by atoms with Crippen molar-refractivity contribution in [3.63, 3.8) is 0 Å². The Morgan fingerprint density at radius 3 is 2.49 bits per heavy atom. The number of anilines is 1. The molecule has 2 heterocycles. The molecule has 5 N–H and O–H groups in total. The molecule has 0 radical (unpaired) electrons. The van der Waals surface area contributed by atoms with Gasteiger partial charge in [-0.2, -0.15) is 9.82 Å². The number of aliphatic carboxylic acids is 1. The van der Waals surface area contributed by atoms with Gasteiger partial charge in [0, 0.05) is 23.7 Å². The Morgan fingerprint density at radius 2 is 1.79 bits per heavy atom. The molecule has 204 valence electrons. The summed E-state index contributed by atoms with van der Waals surface area (Å²) in [5.74, 6) is -1.59. The fourth-order valence-corrected chi connectivity index (χ4v) is 6.18. The van der Waals surface area contributed by atoms with Crippen molar-refractivity contribution < 1.29 is 23.1 Å². The van der Waals surface area contributed by atoms with Crippen molar-refractivity contribution in [2.45, 2.75) is 43.7 Å². The van der Waals surface area contributed by atoms with Crippen LogP contribution in [0.5, 0.6) is 0 Å². The quantitative estimate of drug-likeness (QED) is 0.132. The monoisotopic (exact) mass is 550 g/mol. The molecule has 0 aliphatic carbocycles. The molecule has 39 heavy (non-hydrogen) atoms. The third-order valence-corrected chi connectivity index (χ3v) is 8.13. The SMILES string of the molecule is Cc1cccc(C)c1S(=O)(=O)NC(CCCCNc1ccccn1)(NC(=O)c1ccc2[nH]ncc2c1)C(=O)O. The first-order valence-electron chi connectivity index (χ1n) is 12.4. The highest BCUT2D eigenvalue weighted by Gasteiger charge is 2.44. The minimum Gasteiger partial charge on any atom is -0.478 e. The Labute approximate surface area is 226 Å². The van der Waals surface area contributed by atoms with Crippen molar-refractivity contribution in [3.05, 3.63) is 83.7 Å². The van der Waals surface area contributed by atoms with Gasteiger partial charge in [-0.05, 0) is 74.6 Å². The number of H-pyrrole nitrogens is 1. The Hall–Kier alpha value is -4.29. The number of fused-ring (bicyclic) bond motifs is 1. The van der Waals surface area contributed by atoms with Gasteiger partial charge in [0.15, 0.2) is 0 Å². The first-order chi connectivity index (χ1) is 18.6. The lowest BCUT2D eigenvalue weighted by atomic mass is 10.0. The van der Waals surface area contributed by atoms with E-state index in [2.05, 4.69) is 30.5 Å². The molecular weight excluding hydrogens is 520 g/mol. The van der Waals surface area contributed by atoms with Crippen LogP contribution in [-0.2, 0) is 14.8 Å². The first kappa shape index (κ1) is 27.7. The molecule has 0 spiro atoms. The average Bonchev–Trinajstić information content (AvgIpc) is 3.36. The van der Waals surface area contributed by atoms with Crippen molar-refractivity contribution >= 4 is 38.6 Å². The number of hydrogen-bond donors (Lipinski definition) is 5. The van der Waals surface area contributed by atoms with E-state index >= 15 is 0 Å². The molecule has 1 amide bonds. The second-order valence-corrected chi connectivity index (χ2v) is 10.9. The molecule has 0 fully saturated rings. The van der Waals surface area contributed by atoms with Gasteiger partial charge in [-0.25, -0.2) is 18.2 Å². The second-order valence-electron chi connectivity index (χ2n) is 9.26. The summed E-state index contributed by atoms with van der Waals surface area (Å²) in [6.07, 6.45) is 3.76. The second kappa shape index (κ2) is 11.6. The van der Waals surface area contributed by atoms with Crippen LogP contribution in [0.3, 0.4) is 0 Å². The third-order valence-electron chi connectivity index (χ3n) is 6.33. The lowest BCUT2D eigenvalue weighted by molar-refractivity contribution is -0.145. The van der Waals surface area contributed by atoms with Gasteiger partial charge in [0.2, 0.25) is 15.7 Å².